The van der Waals surface area contributed by atoms with Gasteiger partial charge in [0.1, 0.15) is 5.75 Å². The Balaban J connectivity index is 2.11. The third-order valence-electron chi connectivity index (χ3n) is 1.89. The second kappa shape index (κ2) is 4.92. The topological polar surface area (TPSA) is 55.2 Å². The van der Waals surface area contributed by atoms with Crippen LogP contribution in [-0.4, -0.2) is 15.3 Å². The van der Waals surface area contributed by atoms with Crippen LogP contribution in [0.3, 0.4) is 0 Å². The third-order valence-corrected chi connectivity index (χ3v) is 2.15. The van der Waals surface area contributed by atoms with Crippen molar-refractivity contribution >= 4 is 11.6 Å². The second-order valence-corrected chi connectivity index (χ2v) is 3.51. The SMILES string of the molecule is OCc1ccc(Oc2ccc(Cl)cc2)nn1. The summed E-state index contributed by atoms with van der Waals surface area (Å²) in [5.74, 6) is 1.01. The highest BCUT2D eigenvalue weighted by Crippen LogP contribution is 2.20. The molecule has 5 heteroatoms. The van der Waals surface area contributed by atoms with Crippen molar-refractivity contribution in [1.82, 2.24) is 10.2 Å². The van der Waals surface area contributed by atoms with Crippen LogP contribution < -0.4 is 4.74 Å². The number of nitrogens with zero attached hydrogens (tertiary/aromatic N) is 2. The molecule has 2 rings (SSSR count). The lowest BCUT2D eigenvalue weighted by Gasteiger charge is -2.03. The van der Waals surface area contributed by atoms with Gasteiger partial charge >= 0.3 is 0 Å². The maximum atomic E-state index is 8.79. The molecule has 0 fully saturated rings. The maximum absolute atomic E-state index is 8.79. The molecule has 0 unspecified atom stereocenters. The first-order chi connectivity index (χ1) is 7.78. The van der Waals surface area contributed by atoms with Crippen LogP contribution >= 0.6 is 11.6 Å². The standard InChI is InChI=1S/C11H9ClN2O2/c12-8-1-4-10(5-2-8)16-11-6-3-9(7-15)13-14-11/h1-6,15H,7H2. The Hall–Kier alpha value is -1.65. The average Bonchev–Trinajstić information content (AvgIpc) is 2.33. The van der Waals surface area contributed by atoms with Gasteiger partial charge in [-0.2, -0.15) is 0 Å². The monoisotopic (exact) mass is 236 g/mol. The predicted molar refractivity (Wildman–Crippen MR) is 59.5 cm³/mol. The summed E-state index contributed by atoms with van der Waals surface area (Å²) in [4.78, 5) is 0. The minimum Gasteiger partial charge on any atom is -0.438 e. The molecule has 0 saturated carbocycles. The van der Waals surface area contributed by atoms with Crippen molar-refractivity contribution in [1.29, 1.82) is 0 Å². The molecule has 0 aliphatic rings. The lowest BCUT2D eigenvalue weighted by molar-refractivity contribution is 0.274. The molecule has 0 amide bonds. The highest BCUT2D eigenvalue weighted by Gasteiger charge is 1.99. The Morgan fingerprint density at radius 3 is 2.38 bits per heavy atom. The van der Waals surface area contributed by atoms with Gasteiger partial charge in [-0.15, -0.1) is 10.2 Å². The average molecular weight is 237 g/mol. The summed E-state index contributed by atoms with van der Waals surface area (Å²) in [6, 6.07) is 10.2. The number of halogens is 1. The lowest BCUT2D eigenvalue weighted by Crippen LogP contribution is -1.94. The van der Waals surface area contributed by atoms with Crippen molar-refractivity contribution in [3.8, 4) is 11.6 Å². The van der Waals surface area contributed by atoms with Gasteiger partial charge in [0.25, 0.3) is 0 Å². The van der Waals surface area contributed by atoms with Crippen molar-refractivity contribution in [2.75, 3.05) is 0 Å². The van der Waals surface area contributed by atoms with Crippen molar-refractivity contribution in [2.45, 2.75) is 6.61 Å². The quantitative estimate of drug-likeness (QED) is 0.889. The molecule has 0 radical (unpaired) electrons. The van der Waals surface area contributed by atoms with E-state index in [0.29, 0.717) is 22.3 Å². The van der Waals surface area contributed by atoms with Gasteiger partial charge in [-0.05, 0) is 30.3 Å². The van der Waals surface area contributed by atoms with E-state index in [0.717, 1.165) is 0 Å². The van der Waals surface area contributed by atoms with Gasteiger partial charge in [-0.25, -0.2) is 0 Å². The molecule has 1 aromatic heterocycles. The predicted octanol–water partition coefficient (Wildman–Crippen LogP) is 2.41. The molecule has 0 atom stereocenters. The molecule has 82 valence electrons. The zero-order valence-corrected chi connectivity index (χ0v) is 9.05. The Morgan fingerprint density at radius 1 is 1.06 bits per heavy atom. The molecule has 1 heterocycles. The summed E-state index contributed by atoms with van der Waals surface area (Å²) in [5, 5.41) is 17.0. The first-order valence-electron chi connectivity index (χ1n) is 4.65. The smallest absolute Gasteiger partial charge is 0.238 e. The molecular formula is C11H9ClN2O2. The third kappa shape index (κ3) is 2.68. The Morgan fingerprint density at radius 2 is 1.81 bits per heavy atom. The highest BCUT2D eigenvalue weighted by atomic mass is 35.5. The summed E-state index contributed by atoms with van der Waals surface area (Å²) in [6.45, 7) is -0.131. The minimum atomic E-state index is -0.131. The fraction of sp³-hybridized carbons (Fsp3) is 0.0909. The summed E-state index contributed by atoms with van der Waals surface area (Å²) < 4.78 is 5.42. The number of aromatic nitrogens is 2. The van der Waals surface area contributed by atoms with Crippen LogP contribution in [0.5, 0.6) is 11.6 Å². The van der Waals surface area contributed by atoms with E-state index < -0.39 is 0 Å². The van der Waals surface area contributed by atoms with Gasteiger partial charge in [-0.1, -0.05) is 11.6 Å². The van der Waals surface area contributed by atoms with Crippen molar-refractivity contribution in [3.63, 3.8) is 0 Å². The lowest BCUT2D eigenvalue weighted by atomic mass is 10.3. The van der Waals surface area contributed by atoms with Crippen molar-refractivity contribution in [2.24, 2.45) is 0 Å². The van der Waals surface area contributed by atoms with E-state index in [1.807, 2.05) is 0 Å². The first kappa shape index (κ1) is 10.9. The van der Waals surface area contributed by atoms with Crippen molar-refractivity contribution < 1.29 is 9.84 Å². The van der Waals surface area contributed by atoms with Gasteiger partial charge in [0, 0.05) is 11.1 Å². The van der Waals surface area contributed by atoms with Gasteiger partial charge in [0.15, 0.2) is 0 Å². The van der Waals surface area contributed by atoms with Crippen LogP contribution in [0.1, 0.15) is 5.69 Å². The van der Waals surface area contributed by atoms with E-state index in [4.69, 9.17) is 21.4 Å². The van der Waals surface area contributed by atoms with E-state index in [9.17, 15) is 0 Å². The normalized spacial score (nSPS) is 10.1. The zero-order chi connectivity index (χ0) is 11.4. The molecule has 0 bridgehead atoms. The molecule has 1 aromatic carbocycles. The maximum Gasteiger partial charge on any atom is 0.238 e. The number of hydrogen-bond acceptors (Lipinski definition) is 4. The van der Waals surface area contributed by atoms with E-state index in [2.05, 4.69) is 10.2 Å². The van der Waals surface area contributed by atoms with Gasteiger partial charge in [0.05, 0.1) is 12.3 Å². The summed E-state index contributed by atoms with van der Waals surface area (Å²) in [6.07, 6.45) is 0. The fourth-order valence-corrected chi connectivity index (χ4v) is 1.24. The van der Waals surface area contributed by atoms with Crippen LogP contribution in [0.4, 0.5) is 0 Å². The molecule has 2 aromatic rings. The second-order valence-electron chi connectivity index (χ2n) is 3.08. The molecule has 16 heavy (non-hydrogen) atoms. The molecular weight excluding hydrogens is 228 g/mol. The highest BCUT2D eigenvalue weighted by molar-refractivity contribution is 6.30. The van der Waals surface area contributed by atoms with Gasteiger partial charge in [-0.3, -0.25) is 0 Å². The summed E-state index contributed by atoms with van der Waals surface area (Å²) >= 11 is 5.74. The molecule has 0 aliphatic carbocycles. The number of benzene rings is 1. The Bertz CT molecular complexity index is 456. The van der Waals surface area contributed by atoms with Crippen LogP contribution in [-0.2, 0) is 6.61 Å². The fourth-order valence-electron chi connectivity index (χ4n) is 1.11. The van der Waals surface area contributed by atoms with Crippen LogP contribution in [0.2, 0.25) is 5.02 Å². The number of rotatable bonds is 3. The van der Waals surface area contributed by atoms with E-state index >= 15 is 0 Å². The van der Waals surface area contributed by atoms with E-state index in [1.54, 1.807) is 36.4 Å². The minimum absolute atomic E-state index is 0.131. The molecule has 1 N–H and O–H groups in total. The largest absolute Gasteiger partial charge is 0.438 e. The number of hydrogen-bond donors (Lipinski definition) is 1. The van der Waals surface area contributed by atoms with Crippen LogP contribution in [0.15, 0.2) is 36.4 Å². The Kier molecular flexibility index (Phi) is 3.34. The molecule has 0 aliphatic heterocycles. The van der Waals surface area contributed by atoms with E-state index in [1.165, 1.54) is 0 Å². The number of ether oxygens (including phenoxy) is 1. The number of aliphatic hydroxyl groups excluding tert-OH is 1. The zero-order valence-electron chi connectivity index (χ0n) is 8.30. The molecule has 4 nitrogen and oxygen atoms in total. The van der Waals surface area contributed by atoms with Crippen LogP contribution in [0.25, 0.3) is 0 Å². The van der Waals surface area contributed by atoms with Crippen molar-refractivity contribution in [3.05, 3.63) is 47.1 Å². The van der Waals surface area contributed by atoms with Gasteiger partial charge in [0.2, 0.25) is 5.88 Å². The van der Waals surface area contributed by atoms with Gasteiger partial charge < -0.3 is 9.84 Å². The Labute approximate surface area is 97.5 Å². The first-order valence-corrected chi connectivity index (χ1v) is 5.02. The van der Waals surface area contributed by atoms with Crippen LogP contribution in [0, 0.1) is 0 Å². The van der Waals surface area contributed by atoms with E-state index in [-0.39, 0.29) is 6.61 Å². The summed E-state index contributed by atoms with van der Waals surface area (Å²) in [7, 11) is 0. The number of aliphatic hydroxyl groups is 1. The molecule has 0 saturated heterocycles. The summed E-state index contributed by atoms with van der Waals surface area (Å²) in [5.41, 5.74) is 0.503. The molecule has 0 spiro atoms.